The Balaban J connectivity index is 1.43. The van der Waals surface area contributed by atoms with Crippen LogP contribution in [0, 0.1) is 0 Å². The largest absolute Gasteiger partial charge is 0.472 e. The molecule has 1 amide bonds. The SMILES string of the molecule is O=C(NCc1ccc(-c2ccoc2)o1)c1noc2c1CCCC2. The van der Waals surface area contributed by atoms with Gasteiger partial charge in [-0.2, -0.15) is 0 Å². The summed E-state index contributed by atoms with van der Waals surface area (Å²) in [4.78, 5) is 12.3. The zero-order valence-corrected chi connectivity index (χ0v) is 12.5. The number of aryl methyl sites for hydroxylation is 1. The second-order valence-electron chi connectivity index (χ2n) is 5.60. The number of nitrogens with one attached hydrogen (secondary N) is 1. The van der Waals surface area contributed by atoms with Crippen LogP contribution >= 0.6 is 0 Å². The average molecular weight is 312 g/mol. The molecule has 4 rings (SSSR count). The molecule has 1 aliphatic carbocycles. The van der Waals surface area contributed by atoms with Crippen molar-refractivity contribution in [1.82, 2.24) is 10.5 Å². The maximum absolute atomic E-state index is 12.3. The maximum Gasteiger partial charge on any atom is 0.274 e. The van der Waals surface area contributed by atoms with Crippen molar-refractivity contribution >= 4 is 5.91 Å². The van der Waals surface area contributed by atoms with Crippen molar-refractivity contribution in [3.63, 3.8) is 0 Å². The minimum Gasteiger partial charge on any atom is -0.472 e. The number of carbonyl (C=O) groups excluding carboxylic acids is 1. The van der Waals surface area contributed by atoms with Gasteiger partial charge in [0.15, 0.2) is 5.69 Å². The van der Waals surface area contributed by atoms with Crippen molar-refractivity contribution in [3.8, 4) is 11.3 Å². The highest BCUT2D eigenvalue weighted by molar-refractivity contribution is 5.93. The molecule has 0 bridgehead atoms. The lowest BCUT2D eigenvalue weighted by Gasteiger charge is -2.08. The van der Waals surface area contributed by atoms with Crippen LogP contribution in [-0.4, -0.2) is 11.1 Å². The number of carbonyl (C=O) groups is 1. The molecule has 0 unspecified atom stereocenters. The molecule has 23 heavy (non-hydrogen) atoms. The molecule has 0 saturated carbocycles. The molecule has 3 aromatic heterocycles. The van der Waals surface area contributed by atoms with Gasteiger partial charge in [0.25, 0.3) is 5.91 Å². The molecule has 0 saturated heterocycles. The van der Waals surface area contributed by atoms with Gasteiger partial charge in [0.1, 0.15) is 23.5 Å². The molecule has 6 nitrogen and oxygen atoms in total. The van der Waals surface area contributed by atoms with Gasteiger partial charge >= 0.3 is 0 Å². The summed E-state index contributed by atoms with van der Waals surface area (Å²) in [5.41, 5.74) is 2.22. The molecule has 118 valence electrons. The Kier molecular flexibility index (Phi) is 3.49. The first kappa shape index (κ1) is 13.9. The van der Waals surface area contributed by atoms with Crippen molar-refractivity contribution in [3.05, 3.63) is 53.5 Å². The third-order valence-corrected chi connectivity index (χ3v) is 4.06. The number of hydrogen-bond acceptors (Lipinski definition) is 5. The fourth-order valence-corrected chi connectivity index (χ4v) is 2.85. The monoisotopic (exact) mass is 312 g/mol. The highest BCUT2D eigenvalue weighted by Crippen LogP contribution is 2.25. The van der Waals surface area contributed by atoms with E-state index < -0.39 is 0 Å². The highest BCUT2D eigenvalue weighted by Gasteiger charge is 2.23. The first-order valence-electron chi connectivity index (χ1n) is 7.68. The summed E-state index contributed by atoms with van der Waals surface area (Å²) in [6.07, 6.45) is 7.08. The van der Waals surface area contributed by atoms with Crippen molar-refractivity contribution < 1.29 is 18.2 Å². The van der Waals surface area contributed by atoms with E-state index in [9.17, 15) is 4.79 Å². The van der Waals surface area contributed by atoms with Gasteiger partial charge in [-0.25, -0.2) is 0 Å². The Labute approximate surface area is 132 Å². The van der Waals surface area contributed by atoms with Crippen LogP contribution in [0.3, 0.4) is 0 Å². The number of nitrogens with zero attached hydrogens (tertiary/aromatic N) is 1. The molecule has 0 atom stereocenters. The quantitative estimate of drug-likeness (QED) is 0.799. The zero-order valence-electron chi connectivity index (χ0n) is 12.5. The zero-order chi connectivity index (χ0) is 15.6. The summed E-state index contributed by atoms with van der Waals surface area (Å²) in [6.45, 7) is 0.304. The summed E-state index contributed by atoms with van der Waals surface area (Å²) in [5, 5.41) is 6.76. The summed E-state index contributed by atoms with van der Waals surface area (Å²) in [7, 11) is 0. The van der Waals surface area contributed by atoms with Gasteiger partial charge in [0.2, 0.25) is 0 Å². The average Bonchev–Trinajstić information content (AvgIpc) is 3.31. The van der Waals surface area contributed by atoms with Crippen LogP contribution < -0.4 is 5.32 Å². The molecular weight excluding hydrogens is 296 g/mol. The summed E-state index contributed by atoms with van der Waals surface area (Å²) in [6, 6.07) is 5.51. The van der Waals surface area contributed by atoms with Crippen LogP contribution in [0.15, 0.2) is 44.1 Å². The van der Waals surface area contributed by atoms with Gasteiger partial charge < -0.3 is 18.7 Å². The summed E-state index contributed by atoms with van der Waals surface area (Å²) in [5.74, 6) is 2.01. The minimum atomic E-state index is -0.224. The van der Waals surface area contributed by atoms with Gasteiger partial charge in [-0.05, 0) is 37.5 Å². The Morgan fingerprint density at radius 1 is 1.22 bits per heavy atom. The van der Waals surface area contributed by atoms with Crippen LogP contribution in [0.5, 0.6) is 0 Å². The topological polar surface area (TPSA) is 81.4 Å². The van der Waals surface area contributed by atoms with Gasteiger partial charge in [0.05, 0.1) is 18.4 Å². The molecule has 0 radical (unpaired) electrons. The number of aromatic nitrogens is 1. The van der Waals surface area contributed by atoms with Crippen molar-refractivity contribution in [2.24, 2.45) is 0 Å². The van der Waals surface area contributed by atoms with Crippen LogP contribution in [0.1, 0.15) is 40.4 Å². The molecular formula is C17H16N2O4. The molecule has 0 fully saturated rings. The Morgan fingerprint density at radius 3 is 3.00 bits per heavy atom. The Bertz CT molecular complexity index is 814. The summed E-state index contributed by atoms with van der Waals surface area (Å²) < 4.78 is 16.0. The van der Waals surface area contributed by atoms with Crippen LogP contribution in [0.2, 0.25) is 0 Å². The van der Waals surface area contributed by atoms with Crippen LogP contribution in [-0.2, 0) is 19.4 Å². The van der Waals surface area contributed by atoms with Gasteiger partial charge in [-0.3, -0.25) is 4.79 Å². The fourth-order valence-electron chi connectivity index (χ4n) is 2.85. The van der Waals surface area contributed by atoms with E-state index in [0.717, 1.165) is 42.6 Å². The first-order chi connectivity index (χ1) is 11.3. The second-order valence-corrected chi connectivity index (χ2v) is 5.60. The van der Waals surface area contributed by atoms with Crippen LogP contribution in [0.25, 0.3) is 11.3 Å². The van der Waals surface area contributed by atoms with Crippen LogP contribution in [0.4, 0.5) is 0 Å². The lowest BCUT2D eigenvalue weighted by atomic mass is 9.96. The normalized spacial score (nSPS) is 13.7. The predicted octanol–water partition coefficient (Wildman–Crippen LogP) is 3.34. The Hall–Kier alpha value is -2.76. The number of rotatable bonds is 4. The minimum absolute atomic E-state index is 0.224. The van der Waals surface area contributed by atoms with E-state index in [2.05, 4.69) is 10.5 Å². The molecule has 1 N–H and O–H groups in total. The lowest BCUT2D eigenvalue weighted by molar-refractivity contribution is 0.0938. The van der Waals surface area contributed by atoms with E-state index in [0.29, 0.717) is 23.8 Å². The number of hydrogen-bond donors (Lipinski definition) is 1. The van der Waals surface area contributed by atoms with E-state index in [-0.39, 0.29) is 5.91 Å². The second kappa shape index (κ2) is 5.79. The van der Waals surface area contributed by atoms with Gasteiger partial charge in [0, 0.05) is 12.0 Å². The first-order valence-corrected chi connectivity index (χ1v) is 7.68. The molecule has 6 heteroatoms. The molecule has 0 aliphatic heterocycles. The standard InChI is InChI=1S/C17H16N2O4/c20-17(16-13-3-1-2-4-15(13)23-19-16)18-9-12-5-6-14(22-12)11-7-8-21-10-11/h5-8,10H,1-4,9H2,(H,18,20). The van der Waals surface area contributed by atoms with Crippen molar-refractivity contribution in [1.29, 1.82) is 0 Å². The maximum atomic E-state index is 12.3. The van der Waals surface area contributed by atoms with Crippen molar-refractivity contribution in [2.75, 3.05) is 0 Å². The summed E-state index contributed by atoms with van der Waals surface area (Å²) >= 11 is 0. The van der Waals surface area contributed by atoms with Gasteiger partial charge in [-0.1, -0.05) is 5.16 Å². The smallest absolute Gasteiger partial charge is 0.274 e. The number of fused-ring (bicyclic) bond motifs is 1. The fraction of sp³-hybridized carbons (Fsp3) is 0.294. The number of amides is 1. The third kappa shape index (κ3) is 2.67. The molecule has 1 aliphatic rings. The predicted molar refractivity (Wildman–Crippen MR) is 80.7 cm³/mol. The lowest BCUT2D eigenvalue weighted by Crippen LogP contribution is -2.24. The van der Waals surface area contributed by atoms with E-state index in [1.54, 1.807) is 12.5 Å². The highest BCUT2D eigenvalue weighted by atomic mass is 16.5. The Morgan fingerprint density at radius 2 is 2.13 bits per heavy atom. The molecule has 3 heterocycles. The van der Waals surface area contributed by atoms with E-state index >= 15 is 0 Å². The number of furan rings is 2. The third-order valence-electron chi connectivity index (χ3n) is 4.06. The molecule has 0 spiro atoms. The van der Waals surface area contributed by atoms with E-state index in [1.807, 2.05) is 18.2 Å². The van der Waals surface area contributed by atoms with E-state index in [4.69, 9.17) is 13.4 Å². The van der Waals surface area contributed by atoms with E-state index in [1.165, 1.54) is 0 Å². The molecule has 3 aromatic rings. The van der Waals surface area contributed by atoms with Crippen molar-refractivity contribution in [2.45, 2.75) is 32.2 Å². The molecule has 0 aromatic carbocycles. The van der Waals surface area contributed by atoms with Gasteiger partial charge in [-0.15, -0.1) is 0 Å².